The van der Waals surface area contributed by atoms with E-state index in [1.165, 1.54) is 6.92 Å². The summed E-state index contributed by atoms with van der Waals surface area (Å²) < 4.78 is 10.6. The number of allylic oxidation sites excluding steroid dienone is 1. The van der Waals surface area contributed by atoms with Gasteiger partial charge in [-0.25, -0.2) is 4.98 Å². The first-order chi connectivity index (χ1) is 15.0. The molecule has 2 aromatic carbocycles. The molecule has 0 atom stereocenters. The lowest BCUT2D eigenvalue weighted by atomic mass is 10.1. The molecule has 158 valence electrons. The molecule has 8 heteroatoms. The van der Waals surface area contributed by atoms with Crippen LogP contribution in [0.15, 0.2) is 54.3 Å². The molecule has 0 aliphatic carbocycles. The van der Waals surface area contributed by atoms with Gasteiger partial charge in [-0.2, -0.15) is 5.26 Å². The molecule has 0 aliphatic rings. The Kier molecular flexibility index (Phi) is 7.01. The van der Waals surface area contributed by atoms with Gasteiger partial charge in [0.25, 0.3) is 0 Å². The number of carbonyl (C=O) groups is 2. The van der Waals surface area contributed by atoms with Gasteiger partial charge in [-0.3, -0.25) is 9.59 Å². The number of hydrogen-bond acceptors (Lipinski definition) is 7. The fourth-order valence-electron chi connectivity index (χ4n) is 2.81. The zero-order valence-corrected chi connectivity index (χ0v) is 16.9. The van der Waals surface area contributed by atoms with E-state index in [0.717, 1.165) is 5.52 Å². The smallest absolute Gasteiger partial charge is 0.306 e. The maximum absolute atomic E-state index is 11.9. The average Bonchev–Trinajstić information content (AvgIpc) is 3.19. The summed E-state index contributed by atoms with van der Waals surface area (Å²) in [6, 6.07) is 15.9. The number of hydrogen-bond donors (Lipinski definition) is 2. The minimum absolute atomic E-state index is 0.0218. The van der Waals surface area contributed by atoms with Crippen molar-refractivity contribution in [3.8, 4) is 11.8 Å². The van der Waals surface area contributed by atoms with E-state index in [1.54, 1.807) is 36.4 Å². The minimum Gasteiger partial charge on any atom is -0.507 e. The van der Waals surface area contributed by atoms with Gasteiger partial charge in [0, 0.05) is 12.0 Å². The summed E-state index contributed by atoms with van der Waals surface area (Å²) >= 11 is 0. The zero-order valence-electron chi connectivity index (χ0n) is 16.9. The molecule has 1 heterocycles. The van der Waals surface area contributed by atoms with E-state index >= 15 is 0 Å². The lowest BCUT2D eigenvalue weighted by Gasteiger charge is -2.07. The average molecular weight is 419 g/mol. The highest BCUT2D eigenvalue weighted by Gasteiger charge is 2.15. The topological polar surface area (TPSA) is 125 Å². The number of imidazole rings is 1. The number of H-pyrrole nitrogens is 1. The number of nitrogens with zero attached hydrogens (tertiary/aromatic N) is 2. The van der Waals surface area contributed by atoms with E-state index < -0.39 is 12.6 Å². The molecule has 0 bridgehead atoms. The summed E-state index contributed by atoms with van der Waals surface area (Å²) in [7, 11) is 0. The minimum atomic E-state index is -0.524. The molecule has 1 aromatic heterocycles. The van der Waals surface area contributed by atoms with Crippen LogP contribution in [-0.4, -0.2) is 40.0 Å². The standard InChI is InChI=1S/C23H21N3O5/c1-15(27)16-8-10-17(11-9-16)30-12-4-7-22(29)31-14-21(28)18(13-24)23-25-19-5-2-3-6-20(19)26-23/h2-3,5-6,8-11,28H,4,7,12,14H2,1H3,(H,25,26)/b21-18-. The molecular weight excluding hydrogens is 398 g/mol. The molecule has 31 heavy (non-hydrogen) atoms. The number of para-hydroxylation sites is 2. The van der Waals surface area contributed by atoms with Gasteiger partial charge in [0.15, 0.2) is 17.4 Å². The van der Waals surface area contributed by atoms with E-state index in [0.29, 0.717) is 29.9 Å². The second-order valence-electron chi connectivity index (χ2n) is 6.73. The van der Waals surface area contributed by atoms with Crippen molar-refractivity contribution in [3.63, 3.8) is 0 Å². The Morgan fingerprint density at radius 3 is 2.58 bits per heavy atom. The van der Waals surface area contributed by atoms with Crippen LogP contribution in [0.5, 0.6) is 5.75 Å². The van der Waals surface area contributed by atoms with E-state index in [1.807, 2.05) is 18.2 Å². The van der Waals surface area contributed by atoms with Gasteiger partial charge < -0.3 is 19.6 Å². The number of carbonyl (C=O) groups excluding carboxylic acids is 2. The highest BCUT2D eigenvalue weighted by molar-refractivity contribution is 5.94. The first-order valence-electron chi connectivity index (χ1n) is 9.64. The van der Waals surface area contributed by atoms with Gasteiger partial charge in [-0.1, -0.05) is 12.1 Å². The Morgan fingerprint density at radius 2 is 1.90 bits per heavy atom. The molecule has 8 nitrogen and oxygen atoms in total. The second kappa shape index (κ2) is 10.1. The molecule has 0 unspecified atom stereocenters. The van der Waals surface area contributed by atoms with Crippen molar-refractivity contribution in [2.75, 3.05) is 13.2 Å². The number of benzene rings is 2. The Labute approximate surface area is 178 Å². The number of nitriles is 1. The van der Waals surface area contributed by atoms with Crippen molar-refractivity contribution >= 4 is 28.4 Å². The van der Waals surface area contributed by atoms with Crippen molar-refractivity contribution in [1.29, 1.82) is 5.26 Å². The highest BCUT2D eigenvalue weighted by Crippen LogP contribution is 2.19. The van der Waals surface area contributed by atoms with Crippen molar-refractivity contribution in [2.45, 2.75) is 19.8 Å². The quantitative estimate of drug-likeness (QED) is 0.177. The number of ether oxygens (including phenoxy) is 2. The number of ketones is 1. The summed E-state index contributed by atoms with van der Waals surface area (Å²) in [5.74, 6) is -0.114. The third kappa shape index (κ3) is 5.70. The van der Waals surface area contributed by atoms with E-state index in [-0.39, 0.29) is 29.4 Å². The molecule has 0 aliphatic heterocycles. The molecule has 0 amide bonds. The fraction of sp³-hybridized carbons (Fsp3) is 0.217. The molecule has 3 rings (SSSR count). The summed E-state index contributed by atoms with van der Waals surface area (Å²) in [4.78, 5) is 30.4. The summed E-state index contributed by atoms with van der Waals surface area (Å²) in [5.41, 5.74) is 1.90. The largest absolute Gasteiger partial charge is 0.507 e. The van der Waals surface area contributed by atoms with Crippen LogP contribution in [0.25, 0.3) is 16.6 Å². The number of aromatic amines is 1. The second-order valence-corrected chi connectivity index (χ2v) is 6.73. The molecule has 3 aromatic rings. The predicted octanol–water partition coefficient (Wildman–Crippen LogP) is 3.96. The molecule has 0 spiro atoms. The Hall–Kier alpha value is -4.12. The molecule has 0 saturated carbocycles. The fourth-order valence-corrected chi connectivity index (χ4v) is 2.81. The molecule has 0 fully saturated rings. The Bertz CT molecular complexity index is 1120. The lowest BCUT2D eigenvalue weighted by Crippen LogP contribution is -2.10. The normalized spacial score (nSPS) is 11.5. The zero-order chi connectivity index (χ0) is 22.2. The van der Waals surface area contributed by atoms with Crippen LogP contribution in [0.3, 0.4) is 0 Å². The lowest BCUT2D eigenvalue weighted by molar-refractivity contribution is -0.143. The Morgan fingerprint density at radius 1 is 1.16 bits per heavy atom. The van der Waals surface area contributed by atoms with Crippen LogP contribution in [0.2, 0.25) is 0 Å². The Balaban J connectivity index is 1.46. The number of Topliss-reactive ketones (excluding diaryl/α,β-unsaturated/α-hetero) is 1. The van der Waals surface area contributed by atoms with E-state index in [4.69, 9.17) is 9.47 Å². The SMILES string of the molecule is CC(=O)c1ccc(OCCCC(=O)OC/C(O)=C(\C#N)c2nc3ccccc3[nH]2)cc1. The number of fused-ring (bicyclic) bond motifs is 1. The van der Waals surface area contributed by atoms with Gasteiger partial charge in [0.1, 0.15) is 24.0 Å². The maximum atomic E-state index is 11.9. The molecule has 0 saturated heterocycles. The summed E-state index contributed by atoms with van der Waals surface area (Å²) in [6.45, 7) is 1.36. The van der Waals surface area contributed by atoms with Crippen LogP contribution in [0, 0.1) is 11.3 Å². The number of esters is 1. The third-order valence-electron chi connectivity index (χ3n) is 4.45. The van der Waals surface area contributed by atoms with Crippen LogP contribution >= 0.6 is 0 Å². The number of nitrogens with one attached hydrogen (secondary N) is 1. The van der Waals surface area contributed by atoms with Crippen molar-refractivity contribution < 1.29 is 24.2 Å². The molecular formula is C23H21N3O5. The van der Waals surface area contributed by atoms with Crippen molar-refractivity contribution in [1.82, 2.24) is 9.97 Å². The number of aliphatic hydroxyl groups excluding tert-OH is 1. The first-order valence-corrected chi connectivity index (χ1v) is 9.64. The monoisotopic (exact) mass is 419 g/mol. The third-order valence-corrected chi connectivity index (χ3v) is 4.45. The molecule has 0 radical (unpaired) electrons. The first kappa shape index (κ1) is 21.6. The van der Waals surface area contributed by atoms with Gasteiger partial charge in [-0.15, -0.1) is 0 Å². The number of aromatic nitrogens is 2. The van der Waals surface area contributed by atoms with Gasteiger partial charge >= 0.3 is 5.97 Å². The van der Waals surface area contributed by atoms with E-state index in [2.05, 4.69) is 9.97 Å². The summed E-state index contributed by atoms with van der Waals surface area (Å²) in [5, 5.41) is 19.6. The maximum Gasteiger partial charge on any atom is 0.306 e. The van der Waals surface area contributed by atoms with Crippen LogP contribution < -0.4 is 4.74 Å². The van der Waals surface area contributed by atoms with Crippen LogP contribution in [0.1, 0.15) is 35.9 Å². The molecule has 2 N–H and O–H groups in total. The number of rotatable bonds is 9. The highest BCUT2D eigenvalue weighted by atomic mass is 16.5. The number of aliphatic hydroxyl groups is 1. The van der Waals surface area contributed by atoms with Gasteiger partial charge in [0.05, 0.1) is 17.6 Å². The summed E-state index contributed by atoms with van der Waals surface area (Å²) in [6.07, 6.45) is 0.498. The van der Waals surface area contributed by atoms with Gasteiger partial charge in [0.2, 0.25) is 0 Å². The van der Waals surface area contributed by atoms with Crippen LogP contribution in [0.4, 0.5) is 0 Å². The van der Waals surface area contributed by atoms with E-state index in [9.17, 15) is 20.0 Å². The van der Waals surface area contributed by atoms with Crippen molar-refractivity contribution in [2.24, 2.45) is 0 Å². The van der Waals surface area contributed by atoms with Gasteiger partial charge in [-0.05, 0) is 49.7 Å². The van der Waals surface area contributed by atoms with Crippen LogP contribution in [-0.2, 0) is 9.53 Å². The van der Waals surface area contributed by atoms with Crippen molar-refractivity contribution in [3.05, 3.63) is 65.7 Å². The predicted molar refractivity (Wildman–Crippen MR) is 113 cm³/mol.